The molecule has 0 amide bonds. The minimum absolute atomic E-state index is 0.315. The minimum Gasteiger partial charge on any atom is -0.294 e. The van der Waals surface area contributed by atoms with Gasteiger partial charge in [0.05, 0.1) is 0 Å². The molecular formula is C13H16O. The molecule has 0 saturated heterocycles. The van der Waals surface area contributed by atoms with E-state index < -0.39 is 0 Å². The molecule has 0 N–H and O–H groups in total. The Hall–Kier alpha value is -1.11. The summed E-state index contributed by atoms with van der Waals surface area (Å²) in [5, 5.41) is 0. The molecule has 1 heteroatoms. The Bertz CT molecular complexity index is 377. The van der Waals surface area contributed by atoms with E-state index in [1.807, 2.05) is 0 Å². The van der Waals surface area contributed by atoms with Crippen LogP contribution < -0.4 is 0 Å². The summed E-state index contributed by atoms with van der Waals surface area (Å²) in [5.74, 6) is 1.23. The van der Waals surface area contributed by atoms with Gasteiger partial charge in [0.1, 0.15) is 0 Å². The first kappa shape index (κ1) is 9.45. The summed E-state index contributed by atoms with van der Waals surface area (Å²) in [5.41, 5.74) is 3.47. The van der Waals surface area contributed by atoms with Crippen LogP contribution in [0.5, 0.6) is 0 Å². The van der Waals surface area contributed by atoms with Gasteiger partial charge >= 0.3 is 0 Å². The zero-order chi connectivity index (χ0) is 10.3. The first-order valence-corrected chi connectivity index (χ1v) is 5.26. The van der Waals surface area contributed by atoms with E-state index >= 15 is 0 Å². The lowest BCUT2D eigenvalue weighted by Gasteiger charge is -2.08. The number of benzene rings is 1. The summed E-state index contributed by atoms with van der Waals surface area (Å²) < 4.78 is 0. The van der Waals surface area contributed by atoms with E-state index in [1.54, 1.807) is 0 Å². The number of carbonyl (C=O) groups excluding carboxylic acids is 1. The smallest absolute Gasteiger partial charge is 0.163 e. The van der Waals surface area contributed by atoms with E-state index in [9.17, 15) is 4.79 Å². The highest BCUT2D eigenvalue weighted by molar-refractivity contribution is 6.01. The molecule has 1 unspecified atom stereocenters. The zero-order valence-corrected chi connectivity index (χ0v) is 9.00. The topological polar surface area (TPSA) is 17.1 Å². The maximum Gasteiger partial charge on any atom is 0.163 e. The molecule has 0 aromatic heterocycles. The highest BCUT2D eigenvalue weighted by atomic mass is 16.1. The van der Waals surface area contributed by atoms with Gasteiger partial charge in [-0.3, -0.25) is 4.79 Å². The van der Waals surface area contributed by atoms with Gasteiger partial charge in [0, 0.05) is 12.0 Å². The third-order valence-corrected chi connectivity index (χ3v) is 3.07. The molecule has 2 rings (SSSR count). The quantitative estimate of drug-likeness (QED) is 0.659. The number of Topliss-reactive ketones (excluding diaryl/α,β-unsaturated/α-hetero) is 1. The molecule has 1 aliphatic rings. The van der Waals surface area contributed by atoms with Crippen LogP contribution in [-0.4, -0.2) is 5.78 Å². The number of hydrogen-bond donors (Lipinski definition) is 0. The molecule has 1 nitrogen and oxygen atoms in total. The number of carbonyl (C=O) groups is 1. The molecule has 0 aliphatic heterocycles. The Morgan fingerprint density at radius 1 is 1.36 bits per heavy atom. The molecule has 0 radical (unpaired) electrons. The lowest BCUT2D eigenvalue weighted by Crippen LogP contribution is -1.94. The summed E-state index contributed by atoms with van der Waals surface area (Å²) in [4.78, 5) is 11.7. The van der Waals surface area contributed by atoms with Crippen molar-refractivity contribution in [2.75, 3.05) is 0 Å². The summed E-state index contributed by atoms with van der Waals surface area (Å²) in [6.45, 7) is 6.44. The summed E-state index contributed by atoms with van der Waals surface area (Å²) >= 11 is 0. The van der Waals surface area contributed by atoms with Crippen molar-refractivity contribution in [3.8, 4) is 0 Å². The number of hydrogen-bond acceptors (Lipinski definition) is 1. The SMILES string of the molecule is CC(C)c1ccc2c(c1)C(=O)CC2C. The largest absolute Gasteiger partial charge is 0.294 e. The lowest BCUT2D eigenvalue weighted by molar-refractivity contribution is 0.0990. The number of fused-ring (bicyclic) bond motifs is 1. The van der Waals surface area contributed by atoms with Crippen LogP contribution in [0.15, 0.2) is 18.2 Å². The van der Waals surface area contributed by atoms with Gasteiger partial charge in [-0.25, -0.2) is 0 Å². The van der Waals surface area contributed by atoms with Crippen LogP contribution in [0, 0.1) is 0 Å². The van der Waals surface area contributed by atoms with Crippen molar-refractivity contribution in [2.24, 2.45) is 0 Å². The molecule has 1 aliphatic carbocycles. The summed E-state index contributed by atoms with van der Waals surface area (Å²) in [6, 6.07) is 6.35. The molecule has 14 heavy (non-hydrogen) atoms. The predicted octanol–water partition coefficient (Wildman–Crippen LogP) is 3.50. The average molecular weight is 188 g/mol. The van der Waals surface area contributed by atoms with Gasteiger partial charge in [-0.05, 0) is 29.0 Å². The van der Waals surface area contributed by atoms with Crippen molar-refractivity contribution < 1.29 is 4.79 Å². The molecule has 0 saturated carbocycles. The molecule has 74 valence electrons. The van der Waals surface area contributed by atoms with Crippen molar-refractivity contribution >= 4 is 5.78 Å². The van der Waals surface area contributed by atoms with Crippen LogP contribution in [-0.2, 0) is 0 Å². The Balaban J connectivity index is 2.50. The van der Waals surface area contributed by atoms with Crippen molar-refractivity contribution in [3.05, 3.63) is 34.9 Å². The van der Waals surface area contributed by atoms with Gasteiger partial charge in [0.15, 0.2) is 5.78 Å². The van der Waals surface area contributed by atoms with Crippen LogP contribution in [0.25, 0.3) is 0 Å². The van der Waals surface area contributed by atoms with Gasteiger partial charge in [0.25, 0.3) is 0 Å². The van der Waals surface area contributed by atoms with E-state index in [0.717, 1.165) is 5.56 Å². The molecule has 1 atom stereocenters. The Morgan fingerprint density at radius 3 is 2.71 bits per heavy atom. The van der Waals surface area contributed by atoms with Crippen molar-refractivity contribution in [2.45, 2.75) is 39.0 Å². The minimum atomic E-state index is 0.315. The van der Waals surface area contributed by atoms with E-state index in [0.29, 0.717) is 24.0 Å². The number of rotatable bonds is 1. The van der Waals surface area contributed by atoms with Crippen LogP contribution in [0.3, 0.4) is 0 Å². The lowest BCUT2D eigenvalue weighted by atomic mass is 9.96. The molecule has 0 bridgehead atoms. The highest BCUT2D eigenvalue weighted by Gasteiger charge is 2.26. The van der Waals surface area contributed by atoms with Crippen LogP contribution in [0.1, 0.15) is 60.5 Å². The molecule has 0 fully saturated rings. The molecule has 0 heterocycles. The summed E-state index contributed by atoms with van der Waals surface area (Å²) in [6.07, 6.45) is 0.691. The van der Waals surface area contributed by atoms with Gasteiger partial charge in [-0.1, -0.05) is 32.9 Å². The number of ketones is 1. The third-order valence-electron chi connectivity index (χ3n) is 3.07. The second kappa shape index (κ2) is 3.23. The Morgan fingerprint density at radius 2 is 2.07 bits per heavy atom. The van der Waals surface area contributed by atoms with Crippen molar-refractivity contribution in [1.82, 2.24) is 0 Å². The fourth-order valence-electron chi connectivity index (χ4n) is 2.10. The zero-order valence-electron chi connectivity index (χ0n) is 9.00. The van der Waals surface area contributed by atoms with Crippen LogP contribution in [0.2, 0.25) is 0 Å². The fraction of sp³-hybridized carbons (Fsp3) is 0.462. The summed E-state index contributed by atoms with van der Waals surface area (Å²) in [7, 11) is 0. The van der Waals surface area contributed by atoms with Crippen LogP contribution >= 0.6 is 0 Å². The second-order valence-electron chi connectivity index (χ2n) is 4.53. The van der Waals surface area contributed by atoms with Gasteiger partial charge < -0.3 is 0 Å². The van der Waals surface area contributed by atoms with Crippen LogP contribution in [0.4, 0.5) is 0 Å². The monoisotopic (exact) mass is 188 g/mol. The maximum absolute atomic E-state index is 11.7. The van der Waals surface area contributed by atoms with E-state index in [2.05, 4.69) is 39.0 Å². The predicted molar refractivity (Wildman–Crippen MR) is 57.9 cm³/mol. The maximum atomic E-state index is 11.7. The molecule has 0 spiro atoms. The highest BCUT2D eigenvalue weighted by Crippen LogP contribution is 2.34. The Kier molecular flexibility index (Phi) is 2.18. The third kappa shape index (κ3) is 1.37. The van der Waals surface area contributed by atoms with Gasteiger partial charge in [-0.15, -0.1) is 0 Å². The first-order chi connectivity index (χ1) is 6.59. The van der Waals surface area contributed by atoms with Crippen molar-refractivity contribution in [1.29, 1.82) is 0 Å². The van der Waals surface area contributed by atoms with E-state index in [-0.39, 0.29) is 0 Å². The van der Waals surface area contributed by atoms with Gasteiger partial charge in [0.2, 0.25) is 0 Å². The fourth-order valence-corrected chi connectivity index (χ4v) is 2.10. The van der Waals surface area contributed by atoms with Crippen molar-refractivity contribution in [3.63, 3.8) is 0 Å². The average Bonchev–Trinajstić information content (AvgIpc) is 2.42. The molecule has 1 aromatic rings. The van der Waals surface area contributed by atoms with Gasteiger partial charge in [-0.2, -0.15) is 0 Å². The van der Waals surface area contributed by atoms with E-state index in [4.69, 9.17) is 0 Å². The Labute approximate surface area is 85.1 Å². The molecule has 1 aromatic carbocycles. The normalized spacial score (nSPS) is 20.3. The standard InChI is InChI=1S/C13H16O/c1-8(2)10-4-5-11-9(3)6-13(14)12(11)7-10/h4-5,7-9H,6H2,1-3H3. The van der Waals surface area contributed by atoms with E-state index in [1.165, 1.54) is 11.1 Å². The first-order valence-electron chi connectivity index (χ1n) is 5.26. The second-order valence-corrected chi connectivity index (χ2v) is 4.53. The molecular weight excluding hydrogens is 172 g/mol.